The van der Waals surface area contributed by atoms with Crippen LogP contribution in [-0.2, 0) is 11.2 Å². The average molecular weight is 382 g/mol. The first-order valence-corrected chi connectivity index (χ1v) is 9.45. The highest BCUT2D eigenvalue weighted by Gasteiger charge is 2.14. The number of carbonyl (C=O) groups is 1. The van der Waals surface area contributed by atoms with Gasteiger partial charge in [0.15, 0.2) is 5.13 Å². The van der Waals surface area contributed by atoms with Gasteiger partial charge in [0.25, 0.3) is 5.91 Å². The van der Waals surface area contributed by atoms with Crippen LogP contribution in [0, 0.1) is 0 Å². The smallest absolute Gasteiger partial charge is 0.262 e. The van der Waals surface area contributed by atoms with Gasteiger partial charge in [-0.05, 0) is 37.6 Å². The number of hydrazone groups is 1. The van der Waals surface area contributed by atoms with Crippen LogP contribution < -0.4 is 15.5 Å². The number of fused-ring (bicyclic) bond motifs is 1. The van der Waals surface area contributed by atoms with E-state index in [1.54, 1.807) is 14.0 Å². The van der Waals surface area contributed by atoms with Gasteiger partial charge in [-0.15, -0.1) is 0 Å². The number of para-hydroxylation sites is 2. The molecular weight excluding hydrogens is 360 g/mol. The fraction of sp³-hybridized carbons (Fsp3) is 0.250. The van der Waals surface area contributed by atoms with Crippen LogP contribution in [0.2, 0.25) is 0 Å². The molecule has 0 aliphatic carbocycles. The number of nitrogens with zero attached hydrogens (tertiary/aromatic N) is 2. The van der Waals surface area contributed by atoms with Gasteiger partial charge in [-0.2, -0.15) is 5.10 Å². The third kappa shape index (κ3) is 4.83. The normalized spacial score (nSPS) is 12.6. The van der Waals surface area contributed by atoms with E-state index in [1.807, 2.05) is 55.5 Å². The highest BCUT2D eigenvalue weighted by Crippen LogP contribution is 2.25. The fourth-order valence-corrected chi connectivity index (χ4v) is 3.55. The van der Waals surface area contributed by atoms with E-state index >= 15 is 0 Å². The molecule has 1 amide bonds. The maximum Gasteiger partial charge on any atom is 0.262 e. The van der Waals surface area contributed by atoms with Crippen LogP contribution in [0.15, 0.2) is 53.6 Å². The van der Waals surface area contributed by atoms with Crippen molar-refractivity contribution in [2.24, 2.45) is 5.10 Å². The number of methoxy groups -OCH3 is 1. The molecule has 0 saturated carbocycles. The Bertz CT molecular complexity index is 934. The Hall–Kier alpha value is -2.93. The van der Waals surface area contributed by atoms with Crippen molar-refractivity contribution >= 4 is 38.3 Å². The minimum Gasteiger partial charge on any atom is -0.496 e. The molecule has 0 fully saturated rings. The number of ether oxygens (including phenoxy) is 1. The minimum absolute atomic E-state index is 0.214. The topological polar surface area (TPSA) is 75.6 Å². The van der Waals surface area contributed by atoms with E-state index in [9.17, 15) is 4.79 Å². The van der Waals surface area contributed by atoms with E-state index in [1.165, 1.54) is 11.3 Å². The monoisotopic (exact) mass is 382 g/mol. The molecule has 0 saturated heterocycles. The first kappa shape index (κ1) is 18.8. The van der Waals surface area contributed by atoms with Crippen LogP contribution in [0.3, 0.4) is 0 Å². The summed E-state index contributed by atoms with van der Waals surface area (Å²) in [5.41, 5.74) is 5.35. The van der Waals surface area contributed by atoms with Gasteiger partial charge in [0.05, 0.1) is 17.3 Å². The Morgan fingerprint density at radius 2 is 1.96 bits per heavy atom. The number of thiazole rings is 1. The Morgan fingerprint density at radius 1 is 1.22 bits per heavy atom. The largest absolute Gasteiger partial charge is 0.496 e. The maximum atomic E-state index is 12.3. The van der Waals surface area contributed by atoms with E-state index in [-0.39, 0.29) is 5.91 Å². The second-order valence-corrected chi connectivity index (χ2v) is 7.20. The number of amides is 1. The van der Waals surface area contributed by atoms with Gasteiger partial charge < -0.3 is 10.1 Å². The quantitative estimate of drug-likeness (QED) is 0.481. The molecule has 0 radical (unpaired) electrons. The second-order valence-electron chi connectivity index (χ2n) is 6.16. The van der Waals surface area contributed by atoms with Gasteiger partial charge in [0, 0.05) is 12.1 Å². The Morgan fingerprint density at radius 3 is 2.74 bits per heavy atom. The third-order valence-corrected chi connectivity index (χ3v) is 4.99. The molecule has 3 aromatic rings. The van der Waals surface area contributed by atoms with Crippen molar-refractivity contribution in [3.05, 3.63) is 54.1 Å². The Balaban J connectivity index is 1.57. The molecule has 1 heterocycles. The summed E-state index contributed by atoms with van der Waals surface area (Å²) >= 11 is 1.52. The van der Waals surface area contributed by atoms with E-state index in [0.717, 1.165) is 27.2 Å². The summed E-state index contributed by atoms with van der Waals surface area (Å²) in [6.07, 6.45) is 0.601. The van der Waals surface area contributed by atoms with Gasteiger partial charge in [0.1, 0.15) is 11.8 Å². The molecule has 0 unspecified atom stereocenters. The van der Waals surface area contributed by atoms with Crippen molar-refractivity contribution in [3.63, 3.8) is 0 Å². The zero-order valence-corrected chi connectivity index (χ0v) is 16.3. The molecule has 2 N–H and O–H groups in total. The van der Waals surface area contributed by atoms with Crippen LogP contribution in [-0.4, -0.2) is 29.8 Å². The lowest BCUT2D eigenvalue weighted by atomic mass is 10.1. The predicted octanol–water partition coefficient (Wildman–Crippen LogP) is 3.84. The molecule has 0 bridgehead atoms. The van der Waals surface area contributed by atoms with E-state index in [4.69, 9.17) is 4.74 Å². The van der Waals surface area contributed by atoms with Crippen molar-refractivity contribution in [3.8, 4) is 5.75 Å². The number of carbonyl (C=O) groups excluding carboxylic acids is 1. The zero-order chi connectivity index (χ0) is 19.2. The molecule has 0 aliphatic rings. The lowest BCUT2D eigenvalue weighted by molar-refractivity contribution is -0.121. The Labute approximate surface area is 162 Å². The van der Waals surface area contributed by atoms with E-state index in [0.29, 0.717) is 11.6 Å². The molecule has 27 heavy (non-hydrogen) atoms. The summed E-state index contributed by atoms with van der Waals surface area (Å²) in [4.78, 5) is 16.8. The first-order chi connectivity index (χ1) is 13.1. The molecule has 0 aliphatic heterocycles. The van der Waals surface area contributed by atoms with Gasteiger partial charge in [0.2, 0.25) is 0 Å². The predicted molar refractivity (Wildman–Crippen MR) is 111 cm³/mol. The first-order valence-electron chi connectivity index (χ1n) is 8.64. The van der Waals surface area contributed by atoms with Crippen molar-refractivity contribution in [2.45, 2.75) is 26.3 Å². The summed E-state index contributed by atoms with van der Waals surface area (Å²) in [6.45, 7) is 3.66. The standard InChI is InChI=1S/C20H22N4O2S/c1-13(12-15-8-4-6-10-17(15)26-3)23-24-19(25)14(2)21-20-22-16-9-5-7-11-18(16)27-20/h4-11,14H,12H2,1-3H3,(H,21,22)(H,24,25)/b23-13-/t14-/m1/s1. The van der Waals surface area contributed by atoms with Gasteiger partial charge in [-0.25, -0.2) is 10.4 Å². The van der Waals surface area contributed by atoms with E-state index < -0.39 is 6.04 Å². The van der Waals surface area contributed by atoms with Crippen molar-refractivity contribution in [1.29, 1.82) is 0 Å². The molecule has 140 valence electrons. The van der Waals surface area contributed by atoms with Crippen molar-refractivity contribution < 1.29 is 9.53 Å². The molecule has 6 nitrogen and oxygen atoms in total. The van der Waals surface area contributed by atoms with Crippen LogP contribution in [0.25, 0.3) is 10.2 Å². The lowest BCUT2D eigenvalue weighted by Gasteiger charge is -2.11. The molecule has 0 spiro atoms. The zero-order valence-electron chi connectivity index (χ0n) is 15.5. The SMILES string of the molecule is COc1ccccc1C/C(C)=N\NC(=O)[C@@H](C)Nc1nc2ccccc2s1. The lowest BCUT2D eigenvalue weighted by Crippen LogP contribution is -2.35. The van der Waals surface area contributed by atoms with E-state index in [2.05, 4.69) is 20.8 Å². The highest BCUT2D eigenvalue weighted by atomic mass is 32.1. The second kappa shape index (κ2) is 8.64. The summed E-state index contributed by atoms with van der Waals surface area (Å²) in [5, 5.41) is 8.05. The minimum atomic E-state index is -0.451. The third-order valence-electron chi connectivity index (χ3n) is 4.02. The average Bonchev–Trinajstić information content (AvgIpc) is 3.08. The summed E-state index contributed by atoms with van der Waals surface area (Å²) in [6, 6.07) is 15.2. The number of anilines is 1. The Kier molecular flexibility index (Phi) is 6.03. The maximum absolute atomic E-state index is 12.3. The van der Waals surface area contributed by atoms with Crippen LogP contribution in [0.5, 0.6) is 5.75 Å². The van der Waals surface area contributed by atoms with Gasteiger partial charge in [-0.3, -0.25) is 4.79 Å². The molecular formula is C20H22N4O2S. The fourth-order valence-electron chi connectivity index (χ4n) is 2.60. The highest BCUT2D eigenvalue weighted by molar-refractivity contribution is 7.22. The van der Waals surface area contributed by atoms with Gasteiger partial charge in [-0.1, -0.05) is 41.7 Å². The molecule has 1 aromatic heterocycles. The molecule has 1 atom stereocenters. The van der Waals surface area contributed by atoms with Crippen LogP contribution in [0.1, 0.15) is 19.4 Å². The molecule has 2 aromatic carbocycles. The number of rotatable bonds is 7. The van der Waals surface area contributed by atoms with Crippen LogP contribution in [0.4, 0.5) is 5.13 Å². The number of hydrogen-bond acceptors (Lipinski definition) is 6. The van der Waals surface area contributed by atoms with Gasteiger partial charge >= 0.3 is 0 Å². The number of nitrogens with one attached hydrogen (secondary N) is 2. The van der Waals surface area contributed by atoms with Crippen LogP contribution >= 0.6 is 11.3 Å². The summed E-state index contributed by atoms with van der Waals surface area (Å²) < 4.78 is 6.42. The summed E-state index contributed by atoms with van der Waals surface area (Å²) in [5.74, 6) is 0.595. The van der Waals surface area contributed by atoms with Crippen molar-refractivity contribution in [1.82, 2.24) is 10.4 Å². The number of aromatic nitrogens is 1. The summed E-state index contributed by atoms with van der Waals surface area (Å²) in [7, 11) is 1.64. The van der Waals surface area contributed by atoms with Crippen molar-refractivity contribution in [2.75, 3.05) is 12.4 Å². The number of hydrogen-bond donors (Lipinski definition) is 2. The molecule has 3 rings (SSSR count). The molecule has 7 heteroatoms. The number of benzene rings is 2.